The summed E-state index contributed by atoms with van der Waals surface area (Å²) in [6.45, 7) is 2.90. The fourth-order valence-electron chi connectivity index (χ4n) is 2.35. The predicted molar refractivity (Wildman–Crippen MR) is 87.2 cm³/mol. The van der Waals surface area contributed by atoms with E-state index in [1.165, 1.54) is 4.88 Å². The number of rotatable bonds is 7. The van der Waals surface area contributed by atoms with Crippen LogP contribution in [0.3, 0.4) is 0 Å². The van der Waals surface area contributed by atoms with Gasteiger partial charge in [0.15, 0.2) is 0 Å². The number of aliphatic hydroxyl groups excluding tert-OH is 1. The molecule has 116 valence electrons. The van der Waals surface area contributed by atoms with Crippen molar-refractivity contribution in [3.8, 4) is 0 Å². The van der Waals surface area contributed by atoms with Crippen molar-refractivity contribution >= 4 is 22.7 Å². The highest BCUT2D eigenvalue weighted by Crippen LogP contribution is 2.18. The van der Waals surface area contributed by atoms with E-state index < -0.39 is 0 Å². The lowest BCUT2D eigenvalue weighted by Gasteiger charge is -2.15. The second-order valence-corrected chi connectivity index (χ2v) is 6.25. The fourth-order valence-corrected chi connectivity index (χ4v) is 3.17. The number of nitrogens with zero attached hydrogens (tertiary/aromatic N) is 4. The molecule has 22 heavy (non-hydrogen) atoms. The molecule has 3 aromatic heterocycles. The molecule has 2 N–H and O–H groups in total. The number of nitrogens with one attached hydrogen (secondary N) is 1. The molecular formula is C15H19N5OS. The summed E-state index contributed by atoms with van der Waals surface area (Å²) in [6.07, 6.45) is 3.33. The van der Waals surface area contributed by atoms with E-state index in [1.54, 1.807) is 22.2 Å². The van der Waals surface area contributed by atoms with Gasteiger partial charge in [-0.05, 0) is 30.4 Å². The maximum absolute atomic E-state index is 9.60. The molecule has 3 rings (SSSR count). The molecule has 1 atom stereocenters. The van der Waals surface area contributed by atoms with Crippen LogP contribution >= 0.6 is 11.3 Å². The zero-order valence-electron chi connectivity index (χ0n) is 12.4. The molecule has 0 aliphatic carbocycles. The Balaban J connectivity index is 1.73. The Morgan fingerprint density at radius 3 is 3.09 bits per heavy atom. The number of fused-ring (bicyclic) bond motifs is 1. The lowest BCUT2D eigenvalue weighted by atomic mass is 10.1. The third-order valence-electron chi connectivity index (χ3n) is 3.59. The Kier molecular flexibility index (Phi) is 4.65. The SMILES string of the molecule is CCc1cc(NCC(CO)Cc2cccs2)c2nncn2n1. The van der Waals surface area contributed by atoms with Gasteiger partial charge in [-0.2, -0.15) is 9.61 Å². The summed E-state index contributed by atoms with van der Waals surface area (Å²) in [5.74, 6) is 0.167. The van der Waals surface area contributed by atoms with Crippen LogP contribution in [0.5, 0.6) is 0 Å². The Bertz CT molecular complexity index is 725. The number of anilines is 1. The van der Waals surface area contributed by atoms with E-state index in [0.717, 1.165) is 24.2 Å². The number of hydrogen-bond acceptors (Lipinski definition) is 6. The summed E-state index contributed by atoms with van der Waals surface area (Å²) in [4.78, 5) is 1.29. The molecular weight excluding hydrogens is 298 g/mol. The summed E-state index contributed by atoms with van der Waals surface area (Å²) in [5, 5.41) is 27.5. The van der Waals surface area contributed by atoms with E-state index in [-0.39, 0.29) is 12.5 Å². The van der Waals surface area contributed by atoms with Gasteiger partial charge in [0.25, 0.3) is 0 Å². The van der Waals surface area contributed by atoms with Crippen molar-refractivity contribution in [2.45, 2.75) is 19.8 Å². The zero-order chi connectivity index (χ0) is 15.4. The molecule has 7 heteroatoms. The Hall–Kier alpha value is -1.99. The van der Waals surface area contributed by atoms with Crippen molar-refractivity contribution in [3.05, 3.63) is 40.5 Å². The van der Waals surface area contributed by atoms with Crippen LogP contribution in [0.2, 0.25) is 0 Å². The monoisotopic (exact) mass is 317 g/mol. The van der Waals surface area contributed by atoms with Gasteiger partial charge in [-0.15, -0.1) is 21.5 Å². The average molecular weight is 317 g/mol. The van der Waals surface area contributed by atoms with Gasteiger partial charge in [-0.3, -0.25) is 0 Å². The first-order valence-corrected chi connectivity index (χ1v) is 8.25. The van der Waals surface area contributed by atoms with Crippen LogP contribution < -0.4 is 5.32 Å². The zero-order valence-corrected chi connectivity index (χ0v) is 13.3. The first-order valence-electron chi connectivity index (χ1n) is 7.37. The van der Waals surface area contributed by atoms with Crippen molar-refractivity contribution < 1.29 is 5.11 Å². The Morgan fingerprint density at radius 1 is 1.45 bits per heavy atom. The lowest BCUT2D eigenvalue weighted by Crippen LogP contribution is -2.20. The fraction of sp³-hybridized carbons (Fsp3) is 0.400. The van der Waals surface area contributed by atoms with E-state index >= 15 is 0 Å². The van der Waals surface area contributed by atoms with E-state index in [2.05, 4.69) is 39.0 Å². The molecule has 1 unspecified atom stereocenters. The highest BCUT2D eigenvalue weighted by molar-refractivity contribution is 7.09. The van der Waals surface area contributed by atoms with Crippen LogP contribution in [-0.2, 0) is 12.8 Å². The Labute approximate surface area is 132 Å². The van der Waals surface area contributed by atoms with Gasteiger partial charge in [0.2, 0.25) is 5.65 Å². The van der Waals surface area contributed by atoms with Gasteiger partial charge in [-0.1, -0.05) is 13.0 Å². The van der Waals surface area contributed by atoms with Gasteiger partial charge in [0.05, 0.1) is 11.4 Å². The van der Waals surface area contributed by atoms with Crippen LogP contribution in [-0.4, -0.2) is 38.1 Å². The van der Waals surface area contributed by atoms with Crippen LogP contribution in [0.25, 0.3) is 5.65 Å². The first kappa shape index (κ1) is 14.9. The van der Waals surface area contributed by atoms with E-state index in [9.17, 15) is 5.11 Å². The number of thiophene rings is 1. The molecule has 6 nitrogen and oxygen atoms in total. The minimum atomic E-state index is 0.152. The van der Waals surface area contributed by atoms with Gasteiger partial charge in [0, 0.05) is 23.9 Å². The average Bonchev–Trinajstić information content (AvgIpc) is 3.21. The summed E-state index contributed by atoms with van der Waals surface area (Å²) >= 11 is 1.72. The van der Waals surface area contributed by atoms with E-state index in [0.29, 0.717) is 12.2 Å². The molecule has 0 radical (unpaired) electrons. The molecule has 0 aliphatic heterocycles. The summed E-state index contributed by atoms with van der Waals surface area (Å²) < 4.78 is 1.69. The molecule has 0 fully saturated rings. The second-order valence-electron chi connectivity index (χ2n) is 5.22. The van der Waals surface area contributed by atoms with E-state index in [1.807, 2.05) is 12.1 Å². The normalized spacial score (nSPS) is 12.6. The van der Waals surface area contributed by atoms with Crippen LogP contribution in [0, 0.1) is 5.92 Å². The minimum Gasteiger partial charge on any atom is -0.396 e. The standard InChI is InChI=1S/C15H19N5OS/c1-2-12-7-14(15-18-17-10-20(15)19-12)16-8-11(9-21)6-13-4-3-5-22-13/h3-5,7,10-11,16,21H,2,6,8-9H2,1H3. The quantitative estimate of drug-likeness (QED) is 0.697. The maximum atomic E-state index is 9.60. The van der Waals surface area contributed by atoms with Crippen LogP contribution in [0.15, 0.2) is 29.9 Å². The van der Waals surface area contributed by atoms with Crippen molar-refractivity contribution in [2.75, 3.05) is 18.5 Å². The number of aryl methyl sites for hydroxylation is 1. The number of aromatic nitrogens is 4. The molecule has 0 bridgehead atoms. The highest BCUT2D eigenvalue weighted by atomic mass is 32.1. The minimum absolute atomic E-state index is 0.152. The van der Waals surface area contributed by atoms with Crippen molar-refractivity contribution in [1.82, 2.24) is 19.8 Å². The number of hydrogen-bond donors (Lipinski definition) is 2. The van der Waals surface area contributed by atoms with Gasteiger partial charge >= 0.3 is 0 Å². The topological polar surface area (TPSA) is 75.3 Å². The van der Waals surface area contributed by atoms with Gasteiger partial charge in [0.1, 0.15) is 6.33 Å². The first-order chi connectivity index (χ1) is 10.8. The number of aliphatic hydroxyl groups is 1. The van der Waals surface area contributed by atoms with Crippen molar-refractivity contribution in [1.29, 1.82) is 0 Å². The van der Waals surface area contributed by atoms with Gasteiger partial charge in [-0.25, -0.2) is 0 Å². The lowest BCUT2D eigenvalue weighted by molar-refractivity contribution is 0.233. The molecule has 0 amide bonds. The van der Waals surface area contributed by atoms with Crippen molar-refractivity contribution in [2.24, 2.45) is 5.92 Å². The van der Waals surface area contributed by atoms with Crippen molar-refractivity contribution in [3.63, 3.8) is 0 Å². The molecule has 3 aromatic rings. The molecule has 3 heterocycles. The van der Waals surface area contributed by atoms with E-state index in [4.69, 9.17) is 0 Å². The highest BCUT2D eigenvalue weighted by Gasteiger charge is 2.12. The second kappa shape index (κ2) is 6.85. The molecule has 0 spiro atoms. The third-order valence-corrected chi connectivity index (χ3v) is 4.49. The smallest absolute Gasteiger partial charge is 0.200 e. The summed E-state index contributed by atoms with van der Waals surface area (Å²) in [7, 11) is 0. The largest absolute Gasteiger partial charge is 0.396 e. The predicted octanol–water partition coefficient (Wildman–Crippen LogP) is 2.01. The van der Waals surface area contributed by atoms with Crippen LogP contribution in [0.1, 0.15) is 17.5 Å². The Morgan fingerprint density at radius 2 is 2.36 bits per heavy atom. The molecule has 0 aliphatic rings. The summed E-state index contributed by atoms with van der Waals surface area (Å²) in [5.41, 5.74) is 2.60. The van der Waals surface area contributed by atoms with Gasteiger partial charge < -0.3 is 10.4 Å². The third kappa shape index (κ3) is 3.26. The maximum Gasteiger partial charge on any atom is 0.200 e. The molecule has 0 saturated heterocycles. The molecule has 0 saturated carbocycles. The molecule has 0 aromatic carbocycles. The summed E-state index contributed by atoms with van der Waals surface area (Å²) in [6, 6.07) is 6.15. The van der Waals surface area contributed by atoms with Crippen LogP contribution in [0.4, 0.5) is 5.69 Å².